The van der Waals surface area contributed by atoms with Gasteiger partial charge in [0.1, 0.15) is 12.1 Å². The molecular weight excluding hydrogens is 531 g/mol. The Morgan fingerprint density at radius 1 is 1.11 bits per heavy atom. The Kier molecular flexibility index (Phi) is 8.22. The van der Waals surface area contributed by atoms with Gasteiger partial charge >= 0.3 is 24.1 Å². The molecule has 3 aromatic rings. The number of H-pyrrole nitrogens is 2. The van der Waals surface area contributed by atoms with Gasteiger partial charge in [-0.1, -0.05) is 12.1 Å². The molecule has 3 aromatic heterocycles. The van der Waals surface area contributed by atoms with Gasteiger partial charge in [0.25, 0.3) is 5.91 Å². The maximum Gasteiger partial charge on any atom is 0.430 e. The minimum Gasteiger partial charge on any atom is -0.542 e. The maximum absolute atomic E-state index is 13.6. The molecule has 1 aliphatic rings. The van der Waals surface area contributed by atoms with Gasteiger partial charge in [-0.05, 0) is 18.6 Å². The number of carboxylic acid groups (broad SMARTS) is 1. The number of carbonyl (C=O) groups excluding carboxylic acids is 3. The molecular formula is C22H19F7N5O4+. The number of aromatic amines is 2. The van der Waals surface area contributed by atoms with Crippen LogP contribution in [0.2, 0.25) is 0 Å². The minimum atomic E-state index is -5.19. The fraction of sp³-hybridized carbons (Fsp3) is 0.318. The molecule has 4 heterocycles. The third kappa shape index (κ3) is 6.54. The number of carbonyl (C=O) groups is 3. The largest absolute Gasteiger partial charge is 0.542 e. The molecule has 2 atom stereocenters. The van der Waals surface area contributed by atoms with Crippen molar-refractivity contribution in [1.82, 2.24) is 15.2 Å². The predicted octanol–water partition coefficient (Wildman–Crippen LogP) is 1.08. The number of imidazole rings is 1. The summed E-state index contributed by atoms with van der Waals surface area (Å²) in [6, 6.07) is 6.58. The summed E-state index contributed by atoms with van der Waals surface area (Å²) < 4.78 is 87.3. The van der Waals surface area contributed by atoms with Gasteiger partial charge in [0.05, 0.1) is 12.7 Å². The number of hydrogen-bond acceptors (Lipinski definition) is 4. The SMILES string of the molecule is O=C(NC(c1cccc[nH+]1)C(F)(F)F)c1[nH]c(C(=O)N2CC[C@@H](F)C2)[n+]2ccccc12.O=C([O-])C(F)(F)F. The summed E-state index contributed by atoms with van der Waals surface area (Å²) in [6.07, 6.45) is -8.04. The lowest BCUT2D eigenvalue weighted by Gasteiger charge is -2.17. The highest BCUT2D eigenvalue weighted by Gasteiger charge is 2.46. The molecule has 0 bridgehead atoms. The topological polar surface area (TPSA) is 124 Å². The first-order valence-electron chi connectivity index (χ1n) is 10.8. The number of aliphatic carboxylic acids is 1. The fourth-order valence-electron chi connectivity index (χ4n) is 3.59. The third-order valence-corrected chi connectivity index (χ3v) is 5.33. The summed E-state index contributed by atoms with van der Waals surface area (Å²) in [5.41, 5.74) is -0.225. The molecule has 38 heavy (non-hydrogen) atoms. The van der Waals surface area contributed by atoms with Crippen molar-refractivity contribution in [2.75, 3.05) is 13.1 Å². The summed E-state index contributed by atoms with van der Waals surface area (Å²) in [6.45, 7) is 0.143. The van der Waals surface area contributed by atoms with Crippen molar-refractivity contribution in [3.63, 3.8) is 0 Å². The van der Waals surface area contributed by atoms with Crippen molar-refractivity contribution in [2.45, 2.75) is 31.0 Å². The number of alkyl halides is 7. The molecule has 0 aromatic carbocycles. The highest BCUT2D eigenvalue weighted by molar-refractivity contribution is 6.00. The van der Waals surface area contributed by atoms with Crippen molar-refractivity contribution < 1.29 is 59.6 Å². The Labute approximate surface area is 208 Å². The average molecular weight is 550 g/mol. The zero-order valence-corrected chi connectivity index (χ0v) is 19.1. The van der Waals surface area contributed by atoms with Gasteiger partial charge in [-0.2, -0.15) is 30.7 Å². The van der Waals surface area contributed by atoms with Gasteiger partial charge in [0.15, 0.2) is 11.7 Å². The number of pyridine rings is 2. The average Bonchev–Trinajstić information content (AvgIpc) is 3.45. The van der Waals surface area contributed by atoms with Crippen LogP contribution in [-0.4, -0.2) is 59.3 Å². The van der Waals surface area contributed by atoms with Gasteiger partial charge in [0, 0.05) is 18.7 Å². The maximum atomic E-state index is 13.6. The zero-order valence-electron chi connectivity index (χ0n) is 19.1. The summed E-state index contributed by atoms with van der Waals surface area (Å²) >= 11 is 0. The molecule has 0 radical (unpaired) electrons. The lowest BCUT2D eigenvalue weighted by molar-refractivity contribution is -0.514. The van der Waals surface area contributed by atoms with E-state index in [2.05, 4.69) is 9.97 Å². The number of nitrogens with one attached hydrogen (secondary N) is 3. The number of rotatable bonds is 4. The molecule has 1 saturated heterocycles. The second kappa shape index (κ2) is 11.0. The van der Waals surface area contributed by atoms with Crippen LogP contribution in [0.1, 0.15) is 39.3 Å². The van der Waals surface area contributed by atoms with Crippen LogP contribution < -0.4 is 19.8 Å². The van der Waals surface area contributed by atoms with Crippen LogP contribution in [0.3, 0.4) is 0 Å². The lowest BCUT2D eigenvalue weighted by Crippen LogP contribution is -2.41. The quantitative estimate of drug-likeness (QED) is 0.373. The predicted molar refractivity (Wildman–Crippen MR) is 110 cm³/mol. The minimum absolute atomic E-state index is 0.0373. The molecule has 4 rings (SSSR count). The van der Waals surface area contributed by atoms with Gasteiger partial charge in [-0.15, -0.1) is 0 Å². The summed E-state index contributed by atoms with van der Waals surface area (Å²) in [5.74, 6) is -4.62. The van der Waals surface area contributed by atoms with E-state index < -0.39 is 42.3 Å². The Bertz CT molecular complexity index is 1310. The molecule has 0 saturated carbocycles. The van der Waals surface area contributed by atoms with Crippen molar-refractivity contribution >= 4 is 23.3 Å². The van der Waals surface area contributed by atoms with E-state index in [1.54, 1.807) is 12.1 Å². The monoisotopic (exact) mass is 550 g/mol. The number of amides is 2. The summed E-state index contributed by atoms with van der Waals surface area (Å²) in [4.78, 5) is 40.9. The molecule has 16 heteroatoms. The van der Waals surface area contributed by atoms with Crippen LogP contribution in [0.25, 0.3) is 5.52 Å². The summed E-state index contributed by atoms with van der Waals surface area (Å²) in [7, 11) is 0. The molecule has 3 N–H and O–H groups in total. The van der Waals surface area contributed by atoms with E-state index >= 15 is 0 Å². The second-order valence-electron chi connectivity index (χ2n) is 7.99. The number of likely N-dealkylation sites (tertiary alicyclic amines) is 1. The fourth-order valence-corrected chi connectivity index (χ4v) is 3.59. The van der Waals surface area contributed by atoms with E-state index in [0.717, 1.165) is 0 Å². The number of hydrogen-bond donors (Lipinski definition) is 2. The first-order valence-corrected chi connectivity index (χ1v) is 10.8. The van der Waals surface area contributed by atoms with Crippen LogP contribution in [-0.2, 0) is 4.79 Å². The number of carboxylic acids is 1. The number of halogens is 7. The Hall–Kier alpha value is -4.24. The molecule has 0 aliphatic carbocycles. The second-order valence-corrected chi connectivity index (χ2v) is 7.99. The number of aromatic nitrogens is 3. The van der Waals surface area contributed by atoms with E-state index in [1.165, 1.54) is 46.0 Å². The van der Waals surface area contributed by atoms with Gasteiger partial charge in [-0.3, -0.25) is 9.59 Å². The van der Waals surface area contributed by atoms with E-state index in [-0.39, 0.29) is 42.2 Å². The van der Waals surface area contributed by atoms with Crippen LogP contribution in [0.5, 0.6) is 0 Å². The Balaban J connectivity index is 0.000000505. The first-order chi connectivity index (χ1) is 17.7. The molecule has 1 aliphatic heterocycles. The number of nitrogens with zero attached hydrogens (tertiary/aromatic N) is 2. The Morgan fingerprint density at radius 3 is 2.29 bits per heavy atom. The molecule has 204 valence electrons. The normalized spacial score (nSPS) is 16.5. The van der Waals surface area contributed by atoms with E-state index in [9.17, 15) is 40.3 Å². The van der Waals surface area contributed by atoms with Crippen LogP contribution in [0.15, 0.2) is 48.8 Å². The van der Waals surface area contributed by atoms with Crippen molar-refractivity contribution in [1.29, 1.82) is 0 Å². The van der Waals surface area contributed by atoms with Crippen molar-refractivity contribution in [3.05, 3.63) is 66.0 Å². The van der Waals surface area contributed by atoms with Crippen LogP contribution in [0.4, 0.5) is 30.7 Å². The van der Waals surface area contributed by atoms with Crippen LogP contribution in [0, 0.1) is 0 Å². The first kappa shape index (κ1) is 28.3. The van der Waals surface area contributed by atoms with Gasteiger partial charge in [-0.25, -0.2) is 14.4 Å². The van der Waals surface area contributed by atoms with E-state index in [0.29, 0.717) is 0 Å². The smallest absolute Gasteiger partial charge is 0.430 e. The molecule has 1 fully saturated rings. The van der Waals surface area contributed by atoms with E-state index in [4.69, 9.17) is 9.90 Å². The molecule has 9 nitrogen and oxygen atoms in total. The Morgan fingerprint density at radius 2 is 1.76 bits per heavy atom. The lowest BCUT2D eigenvalue weighted by atomic mass is 10.1. The standard InChI is InChI=1S/C20H17F4N5O2.C2HF3O2/c21-12-7-10-28(11-12)19(31)17-26-15(14-6-2-4-9-29(14)17)18(30)27-16(20(22,23)24)13-5-1-3-8-25-13;3-2(4,5)1(6)7/h1-6,8-9,12,16H,7,10-11H2,(H,27,30);(H,6,7)/p+1/t12-,16?;/m1./s1. The third-order valence-electron chi connectivity index (χ3n) is 5.33. The van der Waals surface area contributed by atoms with Gasteiger partial charge in [0.2, 0.25) is 17.4 Å². The van der Waals surface area contributed by atoms with Gasteiger partial charge < -0.3 is 20.1 Å². The molecule has 1 unspecified atom stereocenters. The number of fused-ring (bicyclic) bond motifs is 1. The highest BCUT2D eigenvalue weighted by atomic mass is 19.4. The van der Waals surface area contributed by atoms with Crippen molar-refractivity contribution in [2.24, 2.45) is 0 Å². The van der Waals surface area contributed by atoms with E-state index in [1.807, 2.05) is 5.32 Å². The highest BCUT2D eigenvalue weighted by Crippen LogP contribution is 2.31. The summed E-state index contributed by atoms with van der Waals surface area (Å²) in [5, 5.41) is 10.8. The van der Waals surface area contributed by atoms with Crippen LogP contribution >= 0.6 is 0 Å². The molecule has 2 amide bonds. The zero-order chi connectivity index (χ0) is 28.3. The molecule has 0 spiro atoms. The van der Waals surface area contributed by atoms with Crippen molar-refractivity contribution in [3.8, 4) is 0 Å².